The molecule has 1 aliphatic rings. The van der Waals surface area contributed by atoms with Gasteiger partial charge in [-0.2, -0.15) is 0 Å². The standard InChI is InChI=1S/C7H9O/c1-2-7-5-3-4-6-8-7/h4-6H,1-3H2. The molecule has 43 valence electrons. The van der Waals surface area contributed by atoms with Crippen molar-refractivity contribution in [2.45, 2.75) is 12.8 Å². The van der Waals surface area contributed by atoms with Crippen LogP contribution in [0.3, 0.4) is 0 Å². The summed E-state index contributed by atoms with van der Waals surface area (Å²) in [6.07, 6.45) is 7.46. The van der Waals surface area contributed by atoms with Crippen LogP contribution in [-0.2, 0) is 4.74 Å². The molecule has 0 atom stereocenters. The molecule has 0 aromatic rings. The van der Waals surface area contributed by atoms with E-state index >= 15 is 0 Å². The fourth-order valence-corrected chi connectivity index (χ4v) is 0.600. The Balaban J connectivity index is 2.43. The number of hydrogen-bond acceptors (Lipinski definition) is 1. The summed E-state index contributed by atoms with van der Waals surface area (Å²) in [5.74, 6) is 0.979. The first-order valence-corrected chi connectivity index (χ1v) is 2.73. The summed E-state index contributed by atoms with van der Waals surface area (Å²) in [4.78, 5) is 0. The highest BCUT2D eigenvalue weighted by Crippen LogP contribution is 2.09. The predicted octanol–water partition coefficient (Wildman–Crippen LogP) is 2.03. The van der Waals surface area contributed by atoms with Crippen LogP contribution in [0, 0.1) is 6.92 Å². The molecule has 8 heavy (non-hydrogen) atoms. The normalized spacial score (nSPS) is 17.4. The molecule has 1 nitrogen and oxygen atoms in total. The van der Waals surface area contributed by atoms with Crippen LogP contribution >= 0.6 is 0 Å². The van der Waals surface area contributed by atoms with Crippen molar-refractivity contribution in [2.24, 2.45) is 0 Å². The summed E-state index contributed by atoms with van der Waals surface area (Å²) in [7, 11) is 0. The van der Waals surface area contributed by atoms with Crippen molar-refractivity contribution in [3.05, 3.63) is 31.1 Å². The van der Waals surface area contributed by atoms with Crippen molar-refractivity contribution in [3.63, 3.8) is 0 Å². The van der Waals surface area contributed by atoms with Gasteiger partial charge in [-0.05, 0) is 25.5 Å². The van der Waals surface area contributed by atoms with Gasteiger partial charge in [0.1, 0.15) is 0 Å². The lowest BCUT2D eigenvalue weighted by Gasteiger charge is -2.05. The van der Waals surface area contributed by atoms with Crippen molar-refractivity contribution >= 4 is 0 Å². The highest BCUT2D eigenvalue weighted by molar-refractivity contribution is 5.03. The van der Waals surface area contributed by atoms with Gasteiger partial charge in [-0.25, -0.2) is 0 Å². The van der Waals surface area contributed by atoms with Crippen LogP contribution < -0.4 is 0 Å². The van der Waals surface area contributed by atoms with Crippen LogP contribution in [0.4, 0.5) is 0 Å². The second-order valence-corrected chi connectivity index (χ2v) is 1.65. The topological polar surface area (TPSA) is 9.23 Å². The van der Waals surface area contributed by atoms with E-state index < -0.39 is 0 Å². The first-order chi connectivity index (χ1) is 3.93. The zero-order valence-corrected chi connectivity index (χ0v) is 4.76. The Bertz CT molecular complexity index is 122. The first kappa shape index (κ1) is 5.42. The maximum atomic E-state index is 5.05. The molecular formula is C7H9O. The minimum Gasteiger partial charge on any atom is -0.470 e. The summed E-state index contributed by atoms with van der Waals surface area (Å²) in [5.41, 5.74) is 0. The van der Waals surface area contributed by atoms with Gasteiger partial charge in [-0.15, -0.1) is 0 Å². The van der Waals surface area contributed by atoms with Gasteiger partial charge < -0.3 is 4.74 Å². The monoisotopic (exact) mass is 109 g/mol. The van der Waals surface area contributed by atoms with Gasteiger partial charge >= 0.3 is 0 Å². The van der Waals surface area contributed by atoms with Gasteiger partial charge in [-0.1, -0.05) is 0 Å². The molecule has 0 N–H and O–H groups in total. The van der Waals surface area contributed by atoms with Crippen LogP contribution in [0.15, 0.2) is 24.2 Å². The third-order valence-corrected chi connectivity index (χ3v) is 1.04. The van der Waals surface area contributed by atoms with Crippen LogP contribution in [0.1, 0.15) is 12.8 Å². The minimum absolute atomic E-state index is 0.754. The molecule has 0 saturated heterocycles. The van der Waals surface area contributed by atoms with Crippen molar-refractivity contribution in [2.75, 3.05) is 0 Å². The molecule has 1 heteroatoms. The lowest BCUT2D eigenvalue weighted by molar-refractivity contribution is 0.333. The van der Waals surface area contributed by atoms with Crippen LogP contribution in [0.5, 0.6) is 0 Å². The number of hydrogen-bond donors (Lipinski definition) is 0. The molecule has 1 aliphatic heterocycles. The molecule has 1 radical (unpaired) electrons. The largest absolute Gasteiger partial charge is 0.470 e. The maximum Gasteiger partial charge on any atom is 0.0995 e. The minimum atomic E-state index is 0.754. The van der Waals surface area contributed by atoms with E-state index in [1.807, 2.05) is 12.2 Å². The quantitative estimate of drug-likeness (QED) is 0.500. The van der Waals surface area contributed by atoms with Crippen molar-refractivity contribution in [3.8, 4) is 0 Å². The molecule has 0 aromatic carbocycles. The maximum absolute atomic E-state index is 5.05. The molecule has 0 fully saturated rings. The fourth-order valence-electron chi connectivity index (χ4n) is 0.600. The highest BCUT2D eigenvalue weighted by atomic mass is 16.5. The fraction of sp³-hybridized carbons (Fsp3) is 0.286. The smallest absolute Gasteiger partial charge is 0.0995 e. The molecule has 0 spiro atoms. The third-order valence-electron chi connectivity index (χ3n) is 1.04. The molecule has 0 aromatic heterocycles. The van der Waals surface area contributed by atoms with E-state index in [1.165, 1.54) is 0 Å². The summed E-state index contributed by atoms with van der Waals surface area (Å²) in [6.45, 7) is 3.68. The summed E-state index contributed by atoms with van der Waals surface area (Å²) >= 11 is 0. The Morgan fingerprint density at radius 1 is 1.75 bits per heavy atom. The molecule has 0 amide bonds. The highest BCUT2D eigenvalue weighted by Gasteiger charge is 1.93. The average molecular weight is 109 g/mol. The summed E-state index contributed by atoms with van der Waals surface area (Å²) < 4.78 is 5.05. The van der Waals surface area contributed by atoms with Gasteiger partial charge in [0.25, 0.3) is 0 Å². The van der Waals surface area contributed by atoms with E-state index in [0.717, 1.165) is 18.6 Å². The van der Waals surface area contributed by atoms with E-state index in [0.29, 0.717) is 0 Å². The average Bonchev–Trinajstić information content (AvgIpc) is 1.90. The first-order valence-electron chi connectivity index (χ1n) is 2.73. The van der Waals surface area contributed by atoms with Crippen LogP contribution in [0.2, 0.25) is 0 Å². The molecule has 1 heterocycles. The van der Waals surface area contributed by atoms with Gasteiger partial charge in [0.15, 0.2) is 0 Å². The Kier molecular flexibility index (Phi) is 1.73. The van der Waals surface area contributed by atoms with E-state index in [4.69, 9.17) is 4.74 Å². The van der Waals surface area contributed by atoms with E-state index in [-0.39, 0.29) is 0 Å². The number of rotatable bonds is 1. The number of allylic oxidation sites excluding steroid dienone is 3. The second-order valence-electron chi connectivity index (χ2n) is 1.65. The summed E-state index contributed by atoms with van der Waals surface area (Å²) in [5, 5.41) is 0. The van der Waals surface area contributed by atoms with E-state index in [1.54, 1.807) is 6.26 Å². The molecule has 0 unspecified atom stereocenters. The van der Waals surface area contributed by atoms with Crippen LogP contribution in [-0.4, -0.2) is 0 Å². The zero-order chi connectivity index (χ0) is 5.82. The van der Waals surface area contributed by atoms with E-state index in [2.05, 4.69) is 6.92 Å². The lowest BCUT2D eigenvalue weighted by Crippen LogP contribution is -1.86. The van der Waals surface area contributed by atoms with Gasteiger partial charge in [-0.3, -0.25) is 0 Å². The van der Waals surface area contributed by atoms with Crippen LogP contribution in [0.25, 0.3) is 0 Å². The second kappa shape index (κ2) is 2.55. The van der Waals surface area contributed by atoms with Gasteiger partial charge in [0.05, 0.1) is 12.0 Å². The zero-order valence-electron chi connectivity index (χ0n) is 4.76. The Labute approximate surface area is 49.7 Å². The Morgan fingerprint density at radius 3 is 3.00 bits per heavy atom. The molecular weight excluding hydrogens is 100 g/mol. The number of ether oxygens (including phenoxy) is 1. The van der Waals surface area contributed by atoms with Gasteiger partial charge in [0, 0.05) is 6.42 Å². The molecule has 0 saturated carbocycles. The Morgan fingerprint density at radius 2 is 2.62 bits per heavy atom. The summed E-state index contributed by atoms with van der Waals surface area (Å²) in [6, 6.07) is 0. The van der Waals surface area contributed by atoms with Crippen molar-refractivity contribution in [1.82, 2.24) is 0 Å². The third kappa shape index (κ3) is 1.12. The van der Waals surface area contributed by atoms with Crippen molar-refractivity contribution < 1.29 is 4.74 Å². The van der Waals surface area contributed by atoms with Gasteiger partial charge in [0.2, 0.25) is 0 Å². The van der Waals surface area contributed by atoms with Crippen molar-refractivity contribution in [1.29, 1.82) is 0 Å². The molecule has 1 rings (SSSR count). The molecule has 0 aliphatic carbocycles. The van der Waals surface area contributed by atoms with E-state index in [9.17, 15) is 0 Å². The Hall–Kier alpha value is -0.720. The molecule has 0 bridgehead atoms. The SMILES string of the molecule is [CH2]CC1=CCC=CO1. The predicted molar refractivity (Wildman–Crippen MR) is 32.9 cm³/mol. The lowest BCUT2D eigenvalue weighted by atomic mass is 10.3.